The highest BCUT2D eigenvalue weighted by atomic mass is 32.2. The molecule has 1 aliphatic carbocycles. The van der Waals surface area contributed by atoms with Crippen molar-refractivity contribution in [2.45, 2.75) is 49.8 Å². The predicted octanol–water partition coefficient (Wildman–Crippen LogP) is 5.61. The number of rotatable bonds is 5. The van der Waals surface area contributed by atoms with Crippen molar-refractivity contribution >= 4 is 32.5 Å². The third-order valence-electron chi connectivity index (χ3n) is 5.64. The Bertz CT molecular complexity index is 1160. The summed E-state index contributed by atoms with van der Waals surface area (Å²) in [7, 11) is -3.98. The normalized spacial score (nSPS) is 15.1. The highest BCUT2D eigenvalue weighted by molar-refractivity contribution is 7.87. The third kappa shape index (κ3) is 4.33. The van der Waals surface area contributed by atoms with Crippen LogP contribution in [0.2, 0.25) is 0 Å². The van der Waals surface area contributed by atoms with Crippen molar-refractivity contribution in [3.8, 4) is 5.75 Å². The quantitative estimate of drug-likeness (QED) is 0.541. The molecule has 3 aromatic carbocycles. The maximum atomic E-state index is 12.9. The van der Waals surface area contributed by atoms with E-state index in [0.717, 1.165) is 12.8 Å². The van der Waals surface area contributed by atoms with Crippen molar-refractivity contribution in [3.63, 3.8) is 0 Å². The molecule has 0 atom stereocenters. The first-order valence-corrected chi connectivity index (χ1v) is 11.7. The first kappa shape index (κ1) is 20.4. The van der Waals surface area contributed by atoms with Gasteiger partial charge in [0.25, 0.3) is 0 Å². The van der Waals surface area contributed by atoms with Gasteiger partial charge < -0.3 is 9.50 Å². The van der Waals surface area contributed by atoms with E-state index in [1.807, 2.05) is 24.3 Å². The lowest BCUT2D eigenvalue weighted by atomic mass is 9.84. The SMILES string of the molecule is CC(=O)Nc1ccc(OS(=O)(=O)c2ccc(C3CCCCC3)cc2)c2ccccc12. The highest BCUT2D eigenvalue weighted by Crippen LogP contribution is 2.35. The van der Waals surface area contributed by atoms with Crippen LogP contribution in [-0.2, 0) is 14.9 Å². The molecule has 1 aliphatic rings. The standard InChI is InChI=1S/C24H25NO4S/c1-17(26)25-23-15-16-24(22-10-6-5-9-21(22)23)29-30(27,28)20-13-11-19(12-14-20)18-7-3-2-4-8-18/h5-6,9-16,18H,2-4,7-8H2,1H3,(H,25,26). The Morgan fingerprint density at radius 1 is 0.900 bits per heavy atom. The Balaban J connectivity index is 1.62. The molecule has 1 amide bonds. The van der Waals surface area contributed by atoms with E-state index in [0.29, 0.717) is 22.4 Å². The van der Waals surface area contributed by atoms with Crippen LogP contribution in [0.15, 0.2) is 65.6 Å². The average molecular weight is 424 g/mol. The Labute approximate surface area is 177 Å². The Kier molecular flexibility index (Phi) is 5.77. The lowest BCUT2D eigenvalue weighted by Crippen LogP contribution is -2.11. The van der Waals surface area contributed by atoms with Crippen molar-refractivity contribution in [2.24, 2.45) is 0 Å². The van der Waals surface area contributed by atoms with Crippen molar-refractivity contribution in [1.82, 2.24) is 0 Å². The van der Waals surface area contributed by atoms with Gasteiger partial charge in [0.05, 0.1) is 0 Å². The number of amides is 1. The highest BCUT2D eigenvalue weighted by Gasteiger charge is 2.21. The van der Waals surface area contributed by atoms with Gasteiger partial charge >= 0.3 is 10.1 Å². The van der Waals surface area contributed by atoms with Gasteiger partial charge in [-0.15, -0.1) is 0 Å². The molecule has 5 nitrogen and oxygen atoms in total. The van der Waals surface area contributed by atoms with E-state index in [-0.39, 0.29) is 16.6 Å². The molecule has 0 radical (unpaired) electrons. The molecule has 0 aliphatic heterocycles. The van der Waals surface area contributed by atoms with Crippen molar-refractivity contribution in [1.29, 1.82) is 0 Å². The minimum Gasteiger partial charge on any atom is -0.378 e. The molecule has 30 heavy (non-hydrogen) atoms. The number of benzene rings is 3. The van der Waals surface area contributed by atoms with Crippen LogP contribution in [-0.4, -0.2) is 14.3 Å². The van der Waals surface area contributed by atoms with Crippen LogP contribution in [0.5, 0.6) is 5.75 Å². The molecule has 1 fully saturated rings. The number of carbonyl (C=O) groups excluding carboxylic acids is 1. The van der Waals surface area contributed by atoms with Crippen LogP contribution in [0, 0.1) is 0 Å². The second-order valence-electron chi connectivity index (χ2n) is 7.78. The van der Waals surface area contributed by atoms with Gasteiger partial charge in [-0.25, -0.2) is 0 Å². The van der Waals surface area contributed by atoms with E-state index in [4.69, 9.17) is 4.18 Å². The van der Waals surface area contributed by atoms with Crippen LogP contribution in [0.25, 0.3) is 10.8 Å². The van der Waals surface area contributed by atoms with E-state index in [1.54, 1.807) is 36.4 Å². The fourth-order valence-electron chi connectivity index (χ4n) is 4.15. The molecule has 3 aromatic rings. The zero-order valence-corrected chi connectivity index (χ0v) is 17.7. The summed E-state index contributed by atoms with van der Waals surface area (Å²) in [5.41, 5.74) is 1.80. The first-order chi connectivity index (χ1) is 14.4. The van der Waals surface area contributed by atoms with Crippen molar-refractivity contribution in [2.75, 3.05) is 5.32 Å². The van der Waals surface area contributed by atoms with Gasteiger partial charge in [0.15, 0.2) is 5.75 Å². The maximum Gasteiger partial charge on any atom is 0.339 e. The number of hydrogen-bond donors (Lipinski definition) is 1. The summed E-state index contributed by atoms with van der Waals surface area (Å²) in [6.07, 6.45) is 6.07. The summed E-state index contributed by atoms with van der Waals surface area (Å²) in [5, 5.41) is 4.10. The van der Waals surface area contributed by atoms with E-state index in [9.17, 15) is 13.2 Å². The number of hydrogen-bond acceptors (Lipinski definition) is 4. The van der Waals surface area contributed by atoms with Crippen molar-refractivity contribution < 1.29 is 17.4 Å². The zero-order chi connectivity index (χ0) is 21.1. The Morgan fingerprint density at radius 2 is 1.57 bits per heavy atom. The average Bonchev–Trinajstić information content (AvgIpc) is 2.76. The van der Waals surface area contributed by atoms with Gasteiger partial charge in [0.1, 0.15) is 4.90 Å². The molecule has 0 aromatic heterocycles. The number of carbonyl (C=O) groups is 1. The van der Waals surface area contributed by atoms with Gasteiger partial charge in [-0.2, -0.15) is 8.42 Å². The number of nitrogens with one attached hydrogen (secondary N) is 1. The van der Waals surface area contributed by atoms with Crippen molar-refractivity contribution in [3.05, 3.63) is 66.2 Å². The topological polar surface area (TPSA) is 72.5 Å². The maximum absolute atomic E-state index is 12.9. The predicted molar refractivity (Wildman–Crippen MR) is 118 cm³/mol. The van der Waals surface area contributed by atoms with Crippen LogP contribution in [0.4, 0.5) is 5.69 Å². The molecule has 0 heterocycles. The number of anilines is 1. The van der Waals surface area contributed by atoms with E-state index >= 15 is 0 Å². The Hall–Kier alpha value is -2.86. The van der Waals surface area contributed by atoms with Gasteiger partial charge in [-0.3, -0.25) is 4.79 Å². The van der Waals surface area contributed by atoms with Crippen LogP contribution in [0.3, 0.4) is 0 Å². The van der Waals surface area contributed by atoms with E-state index in [1.165, 1.54) is 31.7 Å². The Morgan fingerprint density at radius 3 is 2.23 bits per heavy atom. The second-order valence-corrected chi connectivity index (χ2v) is 9.33. The molecular formula is C24H25NO4S. The van der Waals surface area contributed by atoms with Gasteiger partial charge in [-0.1, -0.05) is 55.7 Å². The molecule has 1 saturated carbocycles. The zero-order valence-electron chi connectivity index (χ0n) is 16.9. The van der Waals surface area contributed by atoms with Crippen LogP contribution in [0.1, 0.15) is 50.5 Å². The molecule has 1 N–H and O–H groups in total. The second kappa shape index (κ2) is 8.48. The van der Waals surface area contributed by atoms with Gasteiger partial charge in [0.2, 0.25) is 5.91 Å². The summed E-state index contributed by atoms with van der Waals surface area (Å²) >= 11 is 0. The van der Waals surface area contributed by atoms with Crippen LogP contribution >= 0.6 is 0 Å². The van der Waals surface area contributed by atoms with E-state index in [2.05, 4.69) is 5.32 Å². The third-order valence-corrected chi connectivity index (χ3v) is 6.89. The van der Waals surface area contributed by atoms with Gasteiger partial charge in [0, 0.05) is 23.4 Å². The summed E-state index contributed by atoms with van der Waals surface area (Å²) in [6.45, 7) is 1.43. The molecule has 4 rings (SSSR count). The largest absolute Gasteiger partial charge is 0.378 e. The summed E-state index contributed by atoms with van der Waals surface area (Å²) in [4.78, 5) is 11.6. The monoisotopic (exact) mass is 423 g/mol. The van der Waals surface area contributed by atoms with E-state index < -0.39 is 10.1 Å². The van der Waals surface area contributed by atoms with Crippen LogP contribution < -0.4 is 9.50 Å². The summed E-state index contributed by atoms with van der Waals surface area (Å²) in [6, 6.07) is 17.5. The summed E-state index contributed by atoms with van der Waals surface area (Å²) in [5.74, 6) is 0.553. The fraction of sp³-hybridized carbons (Fsp3) is 0.292. The molecule has 156 valence electrons. The fourth-order valence-corrected chi connectivity index (χ4v) is 5.10. The molecule has 0 unspecified atom stereocenters. The first-order valence-electron chi connectivity index (χ1n) is 10.3. The minimum absolute atomic E-state index is 0.136. The molecule has 0 spiro atoms. The lowest BCUT2D eigenvalue weighted by molar-refractivity contribution is -0.114. The summed E-state index contributed by atoms with van der Waals surface area (Å²) < 4.78 is 31.3. The minimum atomic E-state index is -3.98. The lowest BCUT2D eigenvalue weighted by Gasteiger charge is -2.22. The smallest absolute Gasteiger partial charge is 0.339 e. The molecule has 0 saturated heterocycles. The van der Waals surface area contributed by atoms with Gasteiger partial charge in [-0.05, 0) is 48.6 Å². The molecule has 6 heteroatoms. The molecular weight excluding hydrogens is 398 g/mol. The number of fused-ring (bicyclic) bond motifs is 1. The molecule has 0 bridgehead atoms.